The third-order valence-electron chi connectivity index (χ3n) is 5.00. The maximum atomic E-state index is 12.8. The first-order chi connectivity index (χ1) is 15.4. The normalized spacial score (nSPS) is 11.0. The fourth-order valence-corrected chi connectivity index (χ4v) is 3.90. The van der Waals surface area contributed by atoms with E-state index in [-0.39, 0.29) is 12.3 Å². The van der Waals surface area contributed by atoms with Gasteiger partial charge in [0, 0.05) is 22.8 Å². The maximum Gasteiger partial charge on any atom is 0.253 e. The smallest absolute Gasteiger partial charge is 0.253 e. The molecule has 164 valence electrons. The minimum absolute atomic E-state index is 0.146. The van der Waals surface area contributed by atoms with Gasteiger partial charge in [0.05, 0.1) is 5.69 Å². The number of hydrogen-bond acceptors (Lipinski definition) is 6. The Hall–Kier alpha value is -3.10. The van der Waals surface area contributed by atoms with Crippen LogP contribution in [-0.2, 0) is 11.2 Å². The highest BCUT2D eigenvalue weighted by molar-refractivity contribution is 7.98. The number of benzene rings is 2. The molecule has 0 aliphatic heterocycles. The Balaban J connectivity index is 1.49. The van der Waals surface area contributed by atoms with E-state index >= 15 is 0 Å². The minimum Gasteiger partial charge on any atom is -0.455 e. The zero-order chi connectivity index (χ0) is 22.7. The highest BCUT2D eigenvalue weighted by Gasteiger charge is 2.16. The summed E-state index contributed by atoms with van der Waals surface area (Å²) in [6.45, 7) is 3.90. The number of carbonyl (C=O) groups is 1. The number of carbonyl (C=O) groups excluding carboxylic acids is 1. The molecule has 1 N–H and O–H groups in total. The average molecular weight is 468 g/mol. The molecule has 9 heteroatoms. The summed E-state index contributed by atoms with van der Waals surface area (Å²) in [7, 11) is 0. The number of anilines is 1. The predicted octanol–water partition coefficient (Wildman–Crippen LogP) is 5.48. The van der Waals surface area contributed by atoms with Crippen molar-refractivity contribution in [1.29, 1.82) is 0 Å². The fourth-order valence-electron chi connectivity index (χ4n) is 3.39. The predicted molar refractivity (Wildman–Crippen MR) is 127 cm³/mol. The Morgan fingerprint density at radius 3 is 2.69 bits per heavy atom. The molecule has 0 spiro atoms. The molecule has 2 aromatic carbocycles. The molecule has 0 radical (unpaired) electrons. The number of nitrogens with one attached hydrogen (secondary N) is 1. The molecule has 0 aliphatic rings. The van der Waals surface area contributed by atoms with Crippen LogP contribution in [0, 0.1) is 13.8 Å². The average Bonchev–Trinajstić information content (AvgIpc) is 3.19. The number of para-hydroxylation sites is 1. The van der Waals surface area contributed by atoms with Crippen LogP contribution in [0.2, 0.25) is 5.02 Å². The van der Waals surface area contributed by atoms with Gasteiger partial charge in [-0.3, -0.25) is 4.79 Å². The largest absolute Gasteiger partial charge is 0.455 e. The van der Waals surface area contributed by atoms with Gasteiger partial charge in [0.1, 0.15) is 5.75 Å². The molecule has 1 amide bonds. The van der Waals surface area contributed by atoms with Crippen molar-refractivity contribution in [2.75, 3.05) is 11.6 Å². The van der Waals surface area contributed by atoms with Gasteiger partial charge in [-0.2, -0.15) is 4.98 Å². The van der Waals surface area contributed by atoms with Crippen molar-refractivity contribution in [1.82, 2.24) is 19.6 Å². The van der Waals surface area contributed by atoms with Gasteiger partial charge in [-0.1, -0.05) is 41.6 Å². The molecular formula is C23H22ClN5O2S. The van der Waals surface area contributed by atoms with Crippen LogP contribution in [0.15, 0.2) is 53.7 Å². The number of nitrogens with zero attached hydrogens (tertiary/aromatic N) is 4. The second-order valence-corrected chi connectivity index (χ2v) is 8.39. The molecule has 4 aromatic rings. The van der Waals surface area contributed by atoms with E-state index in [0.29, 0.717) is 39.6 Å². The number of halogens is 1. The summed E-state index contributed by atoms with van der Waals surface area (Å²) in [6, 6.07) is 14.5. The van der Waals surface area contributed by atoms with Crippen LogP contribution in [-0.4, -0.2) is 31.7 Å². The van der Waals surface area contributed by atoms with Crippen LogP contribution < -0.4 is 10.1 Å². The molecule has 0 unspecified atom stereocenters. The molecule has 0 aliphatic carbocycles. The van der Waals surface area contributed by atoms with Gasteiger partial charge in [0.25, 0.3) is 5.78 Å². The molecule has 2 aromatic heterocycles. The quantitative estimate of drug-likeness (QED) is 0.362. The number of hydrogen-bond donors (Lipinski definition) is 1. The van der Waals surface area contributed by atoms with Crippen molar-refractivity contribution in [3.63, 3.8) is 0 Å². The third-order valence-corrected chi connectivity index (χ3v) is 5.77. The maximum absolute atomic E-state index is 12.8. The van der Waals surface area contributed by atoms with E-state index in [0.717, 1.165) is 17.0 Å². The molecule has 32 heavy (non-hydrogen) atoms. The zero-order valence-electron chi connectivity index (χ0n) is 17.9. The van der Waals surface area contributed by atoms with E-state index in [1.54, 1.807) is 22.7 Å². The number of thioether (sulfide) groups is 1. The summed E-state index contributed by atoms with van der Waals surface area (Å²) in [6.07, 6.45) is 2.72. The van der Waals surface area contributed by atoms with Gasteiger partial charge in [0.15, 0.2) is 5.75 Å². The van der Waals surface area contributed by atoms with E-state index in [2.05, 4.69) is 20.4 Å². The lowest BCUT2D eigenvalue weighted by atomic mass is 10.1. The molecule has 0 fully saturated rings. The van der Waals surface area contributed by atoms with Crippen molar-refractivity contribution < 1.29 is 9.53 Å². The summed E-state index contributed by atoms with van der Waals surface area (Å²) < 4.78 is 7.65. The van der Waals surface area contributed by atoms with Gasteiger partial charge in [-0.05, 0) is 62.4 Å². The minimum atomic E-state index is -0.146. The standard InChI is InChI=1S/C23H22ClN5O2S/c1-14-18(15(2)29-22(25-14)27-23(28-29)32-3)10-12-21(30)26-19-13-16(24)9-11-20(19)31-17-7-5-4-6-8-17/h4-9,11,13H,10,12H2,1-3H3,(H,26,30). The van der Waals surface area contributed by atoms with Crippen LogP contribution in [0.4, 0.5) is 5.69 Å². The Bertz CT molecular complexity index is 1280. The SMILES string of the molecule is CSc1nc2nc(C)c(CCC(=O)Nc3cc(Cl)ccc3Oc3ccccc3)c(C)n2n1. The number of ether oxygens (including phenoxy) is 1. The molecule has 4 rings (SSSR count). The fraction of sp³-hybridized carbons (Fsp3) is 0.217. The van der Waals surface area contributed by atoms with E-state index in [4.69, 9.17) is 16.3 Å². The van der Waals surface area contributed by atoms with Crippen LogP contribution >= 0.6 is 23.4 Å². The molecule has 0 bridgehead atoms. The van der Waals surface area contributed by atoms with Gasteiger partial charge in [-0.25, -0.2) is 9.50 Å². The van der Waals surface area contributed by atoms with Gasteiger partial charge >= 0.3 is 0 Å². The van der Waals surface area contributed by atoms with Crippen molar-refractivity contribution in [2.24, 2.45) is 0 Å². The number of rotatable bonds is 7. The van der Waals surface area contributed by atoms with Crippen molar-refractivity contribution in [3.8, 4) is 11.5 Å². The van der Waals surface area contributed by atoms with Gasteiger partial charge < -0.3 is 10.1 Å². The number of aromatic nitrogens is 4. The lowest BCUT2D eigenvalue weighted by Gasteiger charge is -2.14. The molecular weight excluding hydrogens is 446 g/mol. The van der Waals surface area contributed by atoms with E-state index in [1.165, 1.54) is 11.8 Å². The first-order valence-electron chi connectivity index (χ1n) is 10.0. The number of amides is 1. The van der Waals surface area contributed by atoms with Gasteiger partial charge in [0.2, 0.25) is 11.1 Å². The van der Waals surface area contributed by atoms with Crippen molar-refractivity contribution in [2.45, 2.75) is 31.8 Å². The molecule has 0 atom stereocenters. The van der Waals surface area contributed by atoms with Gasteiger partial charge in [-0.15, -0.1) is 5.10 Å². The Kier molecular flexibility index (Phi) is 6.62. The summed E-state index contributed by atoms with van der Waals surface area (Å²) in [4.78, 5) is 21.7. The van der Waals surface area contributed by atoms with Crippen LogP contribution in [0.25, 0.3) is 5.78 Å². The Morgan fingerprint density at radius 2 is 1.94 bits per heavy atom. The highest BCUT2D eigenvalue weighted by atomic mass is 35.5. The summed E-state index contributed by atoms with van der Waals surface area (Å²) >= 11 is 7.62. The van der Waals surface area contributed by atoms with E-state index < -0.39 is 0 Å². The third kappa shape index (κ3) is 4.87. The summed E-state index contributed by atoms with van der Waals surface area (Å²) in [5.41, 5.74) is 3.29. The van der Waals surface area contributed by atoms with Crippen molar-refractivity contribution in [3.05, 3.63) is 70.5 Å². The zero-order valence-corrected chi connectivity index (χ0v) is 19.5. The Labute approximate surface area is 195 Å². The topological polar surface area (TPSA) is 81.4 Å². The van der Waals surface area contributed by atoms with Crippen LogP contribution in [0.3, 0.4) is 0 Å². The second kappa shape index (κ2) is 9.58. The second-order valence-electron chi connectivity index (χ2n) is 7.18. The lowest BCUT2D eigenvalue weighted by molar-refractivity contribution is -0.116. The molecule has 7 nitrogen and oxygen atoms in total. The molecule has 2 heterocycles. The van der Waals surface area contributed by atoms with Crippen LogP contribution in [0.1, 0.15) is 23.4 Å². The van der Waals surface area contributed by atoms with Crippen LogP contribution in [0.5, 0.6) is 11.5 Å². The Morgan fingerprint density at radius 1 is 1.16 bits per heavy atom. The van der Waals surface area contributed by atoms with E-state index in [1.807, 2.05) is 50.4 Å². The lowest BCUT2D eigenvalue weighted by Crippen LogP contribution is -2.15. The highest BCUT2D eigenvalue weighted by Crippen LogP contribution is 2.32. The summed E-state index contributed by atoms with van der Waals surface area (Å²) in [5.74, 6) is 1.62. The molecule has 0 saturated heterocycles. The number of fused-ring (bicyclic) bond motifs is 1. The first kappa shape index (κ1) is 22.1. The first-order valence-corrected chi connectivity index (χ1v) is 11.6. The van der Waals surface area contributed by atoms with E-state index in [9.17, 15) is 4.79 Å². The monoisotopic (exact) mass is 467 g/mol. The van der Waals surface area contributed by atoms with Crippen molar-refractivity contribution >= 4 is 40.7 Å². The molecule has 0 saturated carbocycles. The summed E-state index contributed by atoms with van der Waals surface area (Å²) in [5, 5.41) is 8.57. The number of aryl methyl sites for hydroxylation is 2.